The molecule has 1 N–H and O–H groups in total. The zero-order chi connectivity index (χ0) is 12.3. The van der Waals surface area contributed by atoms with Crippen LogP contribution >= 0.6 is 11.6 Å². The molecule has 3 heteroatoms. The number of benzene rings is 1. The minimum atomic E-state index is 0.0167. The van der Waals surface area contributed by atoms with Crippen LogP contribution in [0.15, 0.2) is 24.3 Å². The van der Waals surface area contributed by atoms with Crippen molar-refractivity contribution in [3.63, 3.8) is 0 Å². The summed E-state index contributed by atoms with van der Waals surface area (Å²) in [4.78, 5) is 11.9. The second-order valence-electron chi connectivity index (χ2n) is 4.85. The van der Waals surface area contributed by atoms with Gasteiger partial charge < -0.3 is 5.32 Å². The Balaban J connectivity index is 1.83. The van der Waals surface area contributed by atoms with E-state index >= 15 is 0 Å². The van der Waals surface area contributed by atoms with Crippen LogP contribution < -0.4 is 5.32 Å². The summed E-state index contributed by atoms with van der Waals surface area (Å²) in [6.45, 7) is 2.76. The lowest BCUT2D eigenvalue weighted by atomic mass is 10.1. The number of alkyl halides is 1. The Morgan fingerprint density at radius 1 is 1.35 bits per heavy atom. The van der Waals surface area contributed by atoms with Gasteiger partial charge in [-0.3, -0.25) is 4.79 Å². The summed E-state index contributed by atoms with van der Waals surface area (Å²) in [5.41, 5.74) is 1.90. The molecule has 1 aliphatic rings. The molecule has 0 aliphatic heterocycles. The fourth-order valence-corrected chi connectivity index (χ4v) is 2.62. The number of hydrogen-bond acceptors (Lipinski definition) is 1. The Morgan fingerprint density at radius 3 is 2.65 bits per heavy atom. The molecule has 1 aliphatic carbocycles. The fourth-order valence-electron chi connectivity index (χ4n) is 2.24. The lowest BCUT2D eigenvalue weighted by Gasteiger charge is -2.10. The van der Waals surface area contributed by atoms with Crippen LogP contribution in [-0.4, -0.2) is 17.8 Å². The maximum absolute atomic E-state index is 11.9. The van der Waals surface area contributed by atoms with Crippen LogP contribution in [0.4, 0.5) is 0 Å². The van der Waals surface area contributed by atoms with Gasteiger partial charge in [-0.05, 0) is 44.2 Å². The van der Waals surface area contributed by atoms with E-state index in [1.165, 1.54) is 5.56 Å². The minimum absolute atomic E-state index is 0.0167. The number of aryl methyl sites for hydroxylation is 1. The highest BCUT2D eigenvalue weighted by molar-refractivity contribution is 6.20. The first-order valence-corrected chi connectivity index (χ1v) is 6.57. The summed E-state index contributed by atoms with van der Waals surface area (Å²) < 4.78 is 0. The molecule has 17 heavy (non-hydrogen) atoms. The lowest BCUT2D eigenvalue weighted by Crippen LogP contribution is -2.28. The maximum Gasteiger partial charge on any atom is 0.251 e. The molecule has 1 aromatic rings. The molecule has 0 heterocycles. The van der Waals surface area contributed by atoms with E-state index in [-0.39, 0.29) is 5.91 Å². The van der Waals surface area contributed by atoms with Gasteiger partial charge in [0.05, 0.1) is 0 Å². The molecule has 0 saturated heterocycles. The van der Waals surface area contributed by atoms with Crippen LogP contribution in [0, 0.1) is 12.8 Å². The predicted octanol–water partition coefficient (Wildman–Crippen LogP) is 3.13. The summed E-state index contributed by atoms with van der Waals surface area (Å²) in [6, 6.07) is 7.64. The maximum atomic E-state index is 11.9. The highest BCUT2D eigenvalue weighted by Crippen LogP contribution is 2.28. The Labute approximate surface area is 107 Å². The van der Waals surface area contributed by atoms with Gasteiger partial charge in [0.15, 0.2) is 0 Å². The average Bonchev–Trinajstić information content (AvgIpc) is 2.73. The van der Waals surface area contributed by atoms with Crippen LogP contribution in [0.3, 0.4) is 0 Å². The van der Waals surface area contributed by atoms with E-state index in [2.05, 4.69) is 5.32 Å². The van der Waals surface area contributed by atoms with Gasteiger partial charge in [0, 0.05) is 17.5 Å². The summed E-state index contributed by atoms with van der Waals surface area (Å²) >= 11 is 6.04. The molecule has 92 valence electrons. The SMILES string of the molecule is Cc1ccc(C(=O)NCC2CCC(Cl)C2)cc1. The minimum Gasteiger partial charge on any atom is -0.352 e. The fraction of sp³-hybridized carbons (Fsp3) is 0.500. The van der Waals surface area contributed by atoms with Gasteiger partial charge in [-0.15, -0.1) is 11.6 Å². The van der Waals surface area contributed by atoms with Gasteiger partial charge in [-0.1, -0.05) is 17.7 Å². The van der Waals surface area contributed by atoms with Crippen LogP contribution in [0.2, 0.25) is 0 Å². The van der Waals surface area contributed by atoms with Crippen molar-refractivity contribution < 1.29 is 4.79 Å². The second-order valence-corrected chi connectivity index (χ2v) is 5.47. The second kappa shape index (κ2) is 5.54. The van der Waals surface area contributed by atoms with Crippen LogP contribution in [-0.2, 0) is 0 Å². The zero-order valence-electron chi connectivity index (χ0n) is 10.1. The molecule has 0 radical (unpaired) electrons. The van der Waals surface area contributed by atoms with Gasteiger partial charge in [0.2, 0.25) is 0 Å². The van der Waals surface area contributed by atoms with E-state index in [0.717, 1.165) is 31.4 Å². The molecular formula is C14H18ClNO. The van der Waals surface area contributed by atoms with Crippen molar-refractivity contribution in [1.29, 1.82) is 0 Å². The van der Waals surface area contributed by atoms with E-state index in [4.69, 9.17) is 11.6 Å². The molecule has 2 nitrogen and oxygen atoms in total. The third-order valence-corrected chi connectivity index (χ3v) is 3.74. The van der Waals surface area contributed by atoms with Crippen LogP contribution in [0.5, 0.6) is 0 Å². The Bertz CT molecular complexity index is 388. The van der Waals surface area contributed by atoms with Crippen LogP contribution in [0.1, 0.15) is 35.2 Å². The largest absolute Gasteiger partial charge is 0.352 e. The van der Waals surface area contributed by atoms with Crippen molar-refractivity contribution in [2.75, 3.05) is 6.54 Å². The monoisotopic (exact) mass is 251 g/mol. The number of carbonyl (C=O) groups is 1. The van der Waals surface area contributed by atoms with Crippen molar-refractivity contribution in [2.24, 2.45) is 5.92 Å². The molecule has 2 rings (SSSR count). The number of nitrogens with one attached hydrogen (secondary N) is 1. The summed E-state index contributed by atoms with van der Waals surface area (Å²) in [5, 5.41) is 3.29. The number of hydrogen-bond donors (Lipinski definition) is 1. The molecule has 1 amide bonds. The van der Waals surface area contributed by atoms with Gasteiger partial charge in [0.25, 0.3) is 5.91 Å². The standard InChI is InChI=1S/C14H18ClNO/c1-10-2-5-12(6-3-10)14(17)16-9-11-4-7-13(15)8-11/h2-3,5-6,11,13H,4,7-9H2,1H3,(H,16,17). The van der Waals surface area contributed by atoms with Gasteiger partial charge in [-0.2, -0.15) is 0 Å². The predicted molar refractivity (Wildman–Crippen MR) is 70.5 cm³/mol. The number of halogens is 1. The number of amides is 1. The van der Waals surface area contributed by atoms with Crippen LogP contribution in [0.25, 0.3) is 0 Å². The quantitative estimate of drug-likeness (QED) is 0.822. The molecule has 2 unspecified atom stereocenters. The molecule has 1 aromatic carbocycles. The first-order chi connectivity index (χ1) is 8.15. The number of rotatable bonds is 3. The highest BCUT2D eigenvalue weighted by Gasteiger charge is 2.23. The third-order valence-electron chi connectivity index (χ3n) is 3.34. The van der Waals surface area contributed by atoms with E-state index in [1.807, 2.05) is 31.2 Å². The number of carbonyl (C=O) groups excluding carboxylic acids is 1. The van der Waals surface area contributed by atoms with Gasteiger partial charge in [0.1, 0.15) is 0 Å². The van der Waals surface area contributed by atoms with Crippen molar-refractivity contribution in [1.82, 2.24) is 5.32 Å². The van der Waals surface area contributed by atoms with Gasteiger partial charge in [-0.25, -0.2) is 0 Å². The summed E-state index contributed by atoms with van der Waals surface area (Å²) in [7, 11) is 0. The van der Waals surface area contributed by atoms with Crippen molar-refractivity contribution in [3.8, 4) is 0 Å². The Kier molecular flexibility index (Phi) is 4.06. The van der Waals surface area contributed by atoms with Gasteiger partial charge >= 0.3 is 0 Å². The van der Waals surface area contributed by atoms with Crippen molar-refractivity contribution in [3.05, 3.63) is 35.4 Å². The van der Waals surface area contributed by atoms with Crippen molar-refractivity contribution >= 4 is 17.5 Å². The van der Waals surface area contributed by atoms with E-state index in [1.54, 1.807) is 0 Å². The molecule has 2 atom stereocenters. The van der Waals surface area contributed by atoms with E-state index in [0.29, 0.717) is 11.3 Å². The Morgan fingerprint density at radius 2 is 2.06 bits per heavy atom. The topological polar surface area (TPSA) is 29.1 Å². The molecule has 1 fully saturated rings. The summed E-state index contributed by atoms with van der Waals surface area (Å²) in [6.07, 6.45) is 3.23. The summed E-state index contributed by atoms with van der Waals surface area (Å²) in [5.74, 6) is 0.565. The molecular weight excluding hydrogens is 234 g/mol. The molecule has 0 spiro atoms. The van der Waals surface area contributed by atoms with E-state index in [9.17, 15) is 4.79 Å². The first-order valence-electron chi connectivity index (χ1n) is 6.14. The smallest absolute Gasteiger partial charge is 0.251 e. The Hall–Kier alpha value is -1.02. The van der Waals surface area contributed by atoms with E-state index < -0.39 is 0 Å². The molecule has 0 bridgehead atoms. The first kappa shape index (κ1) is 12.4. The normalized spacial score (nSPS) is 23.6. The zero-order valence-corrected chi connectivity index (χ0v) is 10.8. The molecule has 1 saturated carbocycles. The molecule has 0 aromatic heterocycles. The highest BCUT2D eigenvalue weighted by atomic mass is 35.5. The lowest BCUT2D eigenvalue weighted by molar-refractivity contribution is 0.0947. The average molecular weight is 252 g/mol. The van der Waals surface area contributed by atoms with Crippen molar-refractivity contribution in [2.45, 2.75) is 31.6 Å². The third kappa shape index (κ3) is 3.47.